The van der Waals surface area contributed by atoms with Gasteiger partial charge in [-0.25, -0.2) is 0 Å². The highest BCUT2D eigenvalue weighted by Gasteiger charge is 2.27. The highest BCUT2D eigenvalue weighted by molar-refractivity contribution is 5.06. The first-order valence-corrected chi connectivity index (χ1v) is 5.46. The number of aromatic nitrogens is 1. The van der Waals surface area contributed by atoms with Crippen molar-refractivity contribution < 1.29 is 0 Å². The van der Waals surface area contributed by atoms with Gasteiger partial charge in [0.2, 0.25) is 0 Å². The maximum absolute atomic E-state index is 5.60. The predicted octanol–water partition coefficient (Wildman–Crippen LogP) is 1.89. The highest BCUT2D eigenvalue weighted by atomic mass is 15.2. The van der Waals surface area contributed by atoms with Gasteiger partial charge in [-0.2, -0.15) is 0 Å². The van der Waals surface area contributed by atoms with Crippen LogP contribution in [0.2, 0.25) is 0 Å². The lowest BCUT2D eigenvalue weighted by atomic mass is 9.80. The summed E-state index contributed by atoms with van der Waals surface area (Å²) in [7, 11) is 0. The van der Waals surface area contributed by atoms with E-state index in [1.54, 1.807) is 0 Å². The van der Waals surface area contributed by atoms with Gasteiger partial charge in [0, 0.05) is 24.4 Å². The summed E-state index contributed by atoms with van der Waals surface area (Å²) in [6.07, 6.45) is 3.79. The van der Waals surface area contributed by atoms with Gasteiger partial charge >= 0.3 is 0 Å². The summed E-state index contributed by atoms with van der Waals surface area (Å²) in [6, 6.07) is 6.24. The minimum atomic E-state index is 0.187. The molecule has 1 heterocycles. The fourth-order valence-electron chi connectivity index (χ4n) is 1.54. The van der Waals surface area contributed by atoms with Crippen LogP contribution in [0, 0.1) is 5.41 Å². The summed E-state index contributed by atoms with van der Waals surface area (Å²) in [5.41, 5.74) is 4.17. The molecule has 0 saturated heterocycles. The second-order valence-corrected chi connectivity index (χ2v) is 4.59. The minimum Gasteiger partial charge on any atom is -0.271 e. The molecule has 1 atom stereocenters. The summed E-state index contributed by atoms with van der Waals surface area (Å²) in [6.45, 7) is 6.63. The van der Waals surface area contributed by atoms with E-state index in [9.17, 15) is 0 Å². The number of nitrogens with zero attached hydrogens (tertiary/aromatic N) is 1. The van der Waals surface area contributed by atoms with Crippen molar-refractivity contribution in [3.63, 3.8) is 0 Å². The van der Waals surface area contributed by atoms with Crippen LogP contribution in [0.5, 0.6) is 0 Å². The van der Waals surface area contributed by atoms with Crippen molar-refractivity contribution in [2.75, 3.05) is 0 Å². The molecule has 0 bridgehead atoms. The number of nitrogens with two attached hydrogens (primary N) is 1. The molecule has 0 aliphatic carbocycles. The van der Waals surface area contributed by atoms with Crippen molar-refractivity contribution in [3.8, 4) is 0 Å². The Morgan fingerprint density at radius 1 is 1.47 bits per heavy atom. The van der Waals surface area contributed by atoms with E-state index >= 15 is 0 Å². The van der Waals surface area contributed by atoms with Crippen molar-refractivity contribution in [2.45, 2.75) is 39.7 Å². The van der Waals surface area contributed by atoms with Crippen molar-refractivity contribution in [2.24, 2.45) is 11.3 Å². The second kappa shape index (κ2) is 5.24. The summed E-state index contributed by atoms with van der Waals surface area (Å²) in [4.78, 5) is 4.32. The van der Waals surface area contributed by atoms with Gasteiger partial charge in [0.15, 0.2) is 0 Å². The van der Waals surface area contributed by atoms with Crippen LogP contribution in [0.25, 0.3) is 0 Å². The van der Waals surface area contributed by atoms with E-state index in [1.807, 2.05) is 24.4 Å². The van der Waals surface area contributed by atoms with E-state index in [1.165, 1.54) is 0 Å². The Kier molecular flexibility index (Phi) is 4.24. The Morgan fingerprint density at radius 3 is 2.67 bits per heavy atom. The zero-order valence-corrected chi connectivity index (χ0v) is 9.83. The maximum Gasteiger partial charge on any atom is 0.0419 e. The molecule has 0 radical (unpaired) electrons. The Bertz CT molecular complexity index is 282. The van der Waals surface area contributed by atoms with Gasteiger partial charge in [0.1, 0.15) is 0 Å². The summed E-state index contributed by atoms with van der Waals surface area (Å²) < 4.78 is 0. The van der Waals surface area contributed by atoms with E-state index in [0.717, 1.165) is 18.5 Å². The minimum absolute atomic E-state index is 0.187. The third kappa shape index (κ3) is 3.29. The molecule has 0 aliphatic rings. The molecule has 84 valence electrons. The third-order valence-electron chi connectivity index (χ3n) is 3.20. The molecule has 0 aliphatic heterocycles. The van der Waals surface area contributed by atoms with Gasteiger partial charge in [-0.3, -0.25) is 16.3 Å². The molecule has 1 rings (SSSR count). The van der Waals surface area contributed by atoms with Gasteiger partial charge in [0.05, 0.1) is 0 Å². The third-order valence-corrected chi connectivity index (χ3v) is 3.20. The number of nitrogens with one attached hydrogen (secondary N) is 1. The molecule has 0 fully saturated rings. The molecule has 0 spiro atoms. The summed E-state index contributed by atoms with van der Waals surface area (Å²) in [5.74, 6) is 5.60. The number of pyridine rings is 1. The molecule has 3 heteroatoms. The van der Waals surface area contributed by atoms with Crippen molar-refractivity contribution in [1.82, 2.24) is 10.4 Å². The number of hydrogen-bond donors (Lipinski definition) is 2. The first-order chi connectivity index (χ1) is 7.10. The Morgan fingerprint density at radius 2 is 2.20 bits per heavy atom. The number of rotatable bonds is 5. The average molecular weight is 207 g/mol. The SMILES string of the molecule is CCC(C)(C)C(Cc1ccccn1)NN. The molecule has 15 heavy (non-hydrogen) atoms. The van der Waals surface area contributed by atoms with Crippen LogP contribution in [0.1, 0.15) is 32.9 Å². The second-order valence-electron chi connectivity index (χ2n) is 4.59. The predicted molar refractivity (Wildman–Crippen MR) is 63.1 cm³/mol. The molecule has 0 saturated carbocycles. The zero-order chi connectivity index (χ0) is 11.3. The van der Waals surface area contributed by atoms with E-state index in [4.69, 9.17) is 5.84 Å². The zero-order valence-electron chi connectivity index (χ0n) is 9.83. The quantitative estimate of drug-likeness (QED) is 0.572. The molecule has 3 nitrogen and oxygen atoms in total. The van der Waals surface area contributed by atoms with Gasteiger partial charge in [-0.05, 0) is 24.0 Å². The molecule has 1 aromatic rings. The molecular weight excluding hydrogens is 186 g/mol. The lowest BCUT2D eigenvalue weighted by Gasteiger charge is -2.32. The van der Waals surface area contributed by atoms with Crippen molar-refractivity contribution in [3.05, 3.63) is 30.1 Å². The summed E-state index contributed by atoms with van der Waals surface area (Å²) in [5, 5.41) is 0. The molecular formula is C12H21N3. The lowest BCUT2D eigenvalue weighted by molar-refractivity contribution is 0.230. The van der Waals surface area contributed by atoms with E-state index < -0.39 is 0 Å². The Balaban J connectivity index is 2.70. The van der Waals surface area contributed by atoms with Crippen LogP contribution >= 0.6 is 0 Å². The first kappa shape index (κ1) is 12.1. The maximum atomic E-state index is 5.60. The Labute approximate surface area is 92.1 Å². The number of hydrazine groups is 1. The van der Waals surface area contributed by atoms with Crippen LogP contribution in [0.4, 0.5) is 0 Å². The molecule has 1 aromatic heterocycles. The van der Waals surface area contributed by atoms with E-state index in [2.05, 4.69) is 31.2 Å². The standard InChI is InChI=1S/C12H21N3/c1-4-12(2,3)11(15-13)9-10-7-5-6-8-14-10/h5-8,11,15H,4,9,13H2,1-3H3. The fourth-order valence-corrected chi connectivity index (χ4v) is 1.54. The van der Waals surface area contributed by atoms with Gasteiger partial charge in [-0.1, -0.05) is 26.8 Å². The molecule has 0 amide bonds. The molecule has 1 unspecified atom stereocenters. The largest absolute Gasteiger partial charge is 0.271 e. The van der Waals surface area contributed by atoms with Crippen LogP contribution in [-0.4, -0.2) is 11.0 Å². The smallest absolute Gasteiger partial charge is 0.0419 e. The van der Waals surface area contributed by atoms with Crippen LogP contribution in [-0.2, 0) is 6.42 Å². The van der Waals surface area contributed by atoms with Crippen molar-refractivity contribution in [1.29, 1.82) is 0 Å². The summed E-state index contributed by atoms with van der Waals surface area (Å²) >= 11 is 0. The lowest BCUT2D eigenvalue weighted by Crippen LogP contribution is -2.47. The van der Waals surface area contributed by atoms with Crippen molar-refractivity contribution >= 4 is 0 Å². The first-order valence-electron chi connectivity index (χ1n) is 5.46. The average Bonchev–Trinajstić information content (AvgIpc) is 2.27. The van der Waals surface area contributed by atoms with Gasteiger partial charge in [0.25, 0.3) is 0 Å². The van der Waals surface area contributed by atoms with E-state index in [0.29, 0.717) is 0 Å². The van der Waals surface area contributed by atoms with Gasteiger partial charge < -0.3 is 0 Å². The normalized spacial score (nSPS) is 13.9. The van der Waals surface area contributed by atoms with E-state index in [-0.39, 0.29) is 11.5 Å². The molecule has 0 aromatic carbocycles. The number of hydrogen-bond acceptors (Lipinski definition) is 3. The van der Waals surface area contributed by atoms with Crippen LogP contribution in [0.3, 0.4) is 0 Å². The van der Waals surface area contributed by atoms with Crippen LogP contribution in [0.15, 0.2) is 24.4 Å². The Hall–Kier alpha value is -0.930. The van der Waals surface area contributed by atoms with Gasteiger partial charge in [-0.15, -0.1) is 0 Å². The fraction of sp³-hybridized carbons (Fsp3) is 0.583. The monoisotopic (exact) mass is 207 g/mol. The molecule has 3 N–H and O–H groups in total. The highest BCUT2D eigenvalue weighted by Crippen LogP contribution is 2.26. The van der Waals surface area contributed by atoms with Crippen LogP contribution < -0.4 is 11.3 Å². The topological polar surface area (TPSA) is 50.9 Å².